The lowest BCUT2D eigenvalue weighted by Gasteiger charge is -2.13. The van der Waals surface area contributed by atoms with Gasteiger partial charge in [0.15, 0.2) is 0 Å². The Morgan fingerprint density at radius 2 is 1.53 bits per heavy atom. The lowest BCUT2D eigenvalue weighted by Crippen LogP contribution is -2.36. The van der Waals surface area contributed by atoms with Crippen molar-refractivity contribution in [3.05, 3.63) is 88.5 Å². The molecule has 184 valence electrons. The van der Waals surface area contributed by atoms with Crippen LogP contribution in [0.5, 0.6) is 5.75 Å². The third kappa shape index (κ3) is 5.92. The molecule has 36 heavy (non-hydrogen) atoms. The number of amides is 3. The molecule has 0 aliphatic rings. The Morgan fingerprint density at radius 1 is 0.861 bits per heavy atom. The maximum absolute atomic E-state index is 13.1. The molecule has 3 N–H and O–H groups in total. The Bertz CT molecular complexity index is 1410. The molecule has 1 aromatic heterocycles. The summed E-state index contributed by atoms with van der Waals surface area (Å²) >= 11 is 3.42. The maximum Gasteiger partial charge on any atom is 0.328 e. The molecule has 0 atom stereocenters. The van der Waals surface area contributed by atoms with Crippen LogP contribution in [0, 0.1) is 6.92 Å². The third-order valence-electron chi connectivity index (χ3n) is 5.31. The van der Waals surface area contributed by atoms with E-state index in [9.17, 15) is 14.4 Å². The molecule has 0 radical (unpaired) electrons. The summed E-state index contributed by atoms with van der Waals surface area (Å²) in [6.45, 7) is 4.56. The molecule has 3 aromatic carbocycles. The van der Waals surface area contributed by atoms with Gasteiger partial charge in [-0.2, -0.15) is 0 Å². The van der Waals surface area contributed by atoms with E-state index in [2.05, 4.69) is 32.0 Å². The zero-order valence-corrected chi connectivity index (χ0v) is 21.4. The van der Waals surface area contributed by atoms with Gasteiger partial charge in [0.2, 0.25) is 0 Å². The topological polar surface area (TPSA) is 101 Å². The molecule has 0 aliphatic heterocycles. The Hall–Kier alpha value is -4.11. The predicted octanol–water partition coefficient (Wildman–Crippen LogP) is 5.46. The molecule has 0 bridgehead atoms. The van der Waals surface area contributed by atoms with Crippen molar-refractivity contribution in [2.75, 3.05) is 22.7 Å². The van der Waals surface area contributed by atoms with Crippen LogP contribution in [0.2, 0.25) is 0 Å². The van der Waals surface area contributed by atoms with Crippen molar-refractivity contribution in [2.24, 2.45) is 0 Å². The van der Waals surface area contributed by atoms with Crippen LogP contribution in [0.15, 0.2) is 77.3 Å². The molecule has 9 heteroatoms. The molecule has 1 heterocycles. The minimum atomic E-state index is -0.925. The molecule has 0 unspecified atom stereocenters. The number of carbonyl (C=O) groups excluding carboxylic acids is 3. The Labute approximate surface area is 216 Å². The summed E-state index contributed by atoms with van der Waals surface area (Å²) in [6, 6.07) is 21.1. The van der Waals surface area contributed by atoms with Gasteiger partial charge in [0.25, 0.3) is 5.91 Å². The van der Waals surface area contributed by atoms with Crippen molar-refractivity contribution in [3.8, 4) is 5.75 Å². The number of rotatable bonds is 7. The van der Waals surface area contributed by atoms with Crippen molar-refractivity contribution in [1.82, 2.24) is 4.68 Å². The smallest absolute Gasteiger partial charge is 0.328 e. The highest BCUT2D eigenvalue weighted by molar-refractivity contribution is 9.10. The number of nitrogens with one attached hydrogen (secondary N) is 3. The van der Waals surface area contributed by atoms with Crippen LogP contribution in [0.3, 0.4) is 0 Å². The van der Waals surface area contributed by atoms with Crippen molar-refractivity contribution in [3.63, 3.8) is 0 Å². The fraction of sp³-hybridized carbons (Fsp3) is 0.148. The van der Waals surface area contributed by atoms with Gasteiger partial charge in [-0.1, -0.05) is 40.5 Å². The zero-order valence-electron chi connectivity index (χ0n) is 19.8. The predicted molar refractivity (Wildman–Crippen MR) is 144 cm³/mol. The quantitative estimate of drug-likeness (QED) is 0.267. The second-order valence-corrected chi connectivity index (χ2v) is 9.07. The lowest BCUT2D eigenvalue weighted by molar-refractivity contribution is -0.133. The van der Waals surface area contributed by atoms with Crippen molar-refractivity contribution in [2.45, 2.75) is 20.3 Å². The van der Waals surface area contributed by atoms with Gasteiger partial charge in [-0.3, -0.25) is 19.8 Å². The van der Waals surface area contributed by atoms with E-state index in [0.717, 1.165) is 16.5 Å². The molecule has 0 aliphatic carbocycles. The van der Waals surface area contributed by atoms with Gasteiger partial charge in [-0.05, 0) is 74.0 Å². The van der Waals surface area contributed by atoms with E-state index < -0.39 is 17.7 Å². The molecule has 0 spiro atoms. The average molecular weight is 549 g/mol. The summed E-state index contributed by atoms with van der Waals surface area (Å²) in [5.41, 5.74) is 5.40. The van der Waals surface area contributed by atoms with Gasteiger partial charge < -0.3 is 15.4 Å². The van der Waals surface area contributed by atoms with Crippen molar-refractivity contribution >= 4 is 55.9 Å². The maximum atomic E-state index is 13.1. The lowest BCUT2D eigenvalue weighted by atomic mass is 10.2. The van der Waals surface area contributed by atoms with Gasteiger partial charge in [0.05, 0.1) is 12.1 Å². The van der Waals surface area contributed by atoms with Gasteiger partial charge in [0, 0.05) is 21.2 Å². The van der Waals surface area contributed by atoms with Crippen LogP contribution in [0.25, 0.3) is 10.9 Å². The molecule has 4 aromatic rings. The first-order valence-corrected chi connectivity index (χ1v) is 12.2. The number of aryl methyl sites for hydroxylation is 1. The molecule has 8 nitrogen and oxygen atoms in total. The second kappa shape index (κ2) is 11.1. The summed E-state index contributed by atoms with van der Waals surface area (Å²) in [4.78, 5) is 38.5. The monoisotopic (exact) mass is 548 g/mol. The molecular weight excluding hydrogens is 524 g/mol. The Kier molecular flexibility index (Phi) is 7.70. The number of ether oxygens (including phenoxy) is 1. The molecule has 0 saturated heterocycles. The Balaban J connectivity index is 1.54. The van der Waals surface area contributed by atoms with E-state index in [1.54, 1.807) is 54.6 Å². The van der Waals surface area contributed by atoms with Crippen LogP contribution >= 0.6 is 15.9 Å². The number of anilines is 2. The summed E-state index contributed by atoms with van der Waals surface area (Å²) in [5.74, 6) is -1.56. The number of aromatic nitrogens is 1. The summed E-state index contributed by atoms with van der Waals surface area (Å²) in [5, 5.41) is 6.10. The van der Waals surface area contributed by atoms with Gasteiger partial charge in [0.1, 0.15) is 11.4 Å². The standard InChI is InChI=1S/C27H25BrN4O4/c1-3-14-36-22-11-9-21(10-12-22)30-26(34)27(35)31-32-23-13-6-19(28)15-18(23)16-24(32)25(33)29-20-7-4-17(2)5-8-20/h4-13,15-16H,3,14H2,1-2H3,(H,29,33)(H,30,34)(H,31,35). The number of halogens is 1. The van der Waals surface area contributed by atoms with Crippen LogP contribution in [0.4, 0.5) is 11.4 Å². The summed E-state index contributed by atoms with van der Waals surface area (Å²) in [7, 11) is 0. The van der Waals surface area contributed by atoms with Crippen molar-refractivity contribution < 1.29 is 19.1 Å². The van der Waals surface area contributed by atoms with Crippen molar-refractivity contribution in [1.29, 1.82) is 0 Å². The summed E-state index contributed by atoms with van der Waals surface area (Å²) in [6.07, 6.45) is 0.884. The van der Waals surface area contributed by atoms with Gasteiger partial charge >= 0.3 is 11.8 Å². The third-order valence-corrected chi connectivity index (χ3v) is 5.80. The fourth-order valence-corrected chi connectivity index (χ4v) is 3.88. The number of fused-ring (bicyclic) bond motifs is 1. The number of nitrogens with zero attached hydrogens (tertiary/aromatic N) is 1. The first-order chi connectivity index (χ1) is 17.3. The highest BCUT2D eigenvalue weighted by atomic mass is 79.9. The van der Waals surface area contributed by atoms with Crippen LogP contribution in [0.1, 0.15) is 29.4 Å². The number of hydrogen-bond acceptors (Lipinski definition) is 4. The van der Waals surface area contributed by atoms with Crippen LogP contribution in [-0.2, 0) is 9.59 Å². The normalized spacial score (nSPS) is 10.6. The highest BCUT2D eigenvalue weighted by Gasteiger charge is 2.21. The van der Waals surface area contributed by atoms with Gasteiger partial charge in [-0.25, -0.2) is 4.68 Å². The zero-order chi connectivity index (χ0) is 25.7. The molecule has 4 rings (SSSR count). The highest BCUT2D eigenvalue weighted by Crippen LogP contribution is 2.24. The molecule has 0 saturated carbocycles. The summed E-state index contributed by atoms with van der Waals surface area (Å²) < 4.78 is 7.66. The van der Waals surface area contributed by atoms with E-state index >= 15 is 0 Å². The van der Waals surface area contributed by atoms with Gasteiger partial charge in [-0.15, -0.1) is 0 Å². The van der Waals surface area contributed by atoms with E-state index in [4.69, 9.17) is 4.74 Å². The SMILES string of the molecule is CCCOc1ccc(NC(=O)C(=O)Nn2c(C(=O)Nc3ccc(C)cc3)cc3cc(Br)ccc32)cc1. The van der Waals surface area contributed by atoms with Crippen LogP contribution in [-0.4, -0.2) is 29.0 Å². The molecular formula is C27H25BrN4O4. The largest absolute Gasteiger partial charge is 0.494 e. The average Bonchev–Trinajstić information content (AvgIpc) is 3.22. The first-order valence-electron chi connectivity index (χ1n) is 11.4. The number of carbonyl (C=O) groups is 3. The van der Waals surface area contributed by atoms with E-state index in [1.165, 1.54) is 4.68 Å². The van der Waals surface area contributed by atoms with E-state index in [1.807, 2.05) is 32.0 Å². The second-order valence-electron chi connectivity index (χ2n) is 8.16. The number of hydrogen-bond donors (Lipinski definition) is 3. The molecule has 3 amide bonds. The Morgan fingerprint density at radius 3 is 2.22 bits per heavy atom. The number of benzene rings is 3. The van der Waals surface area contributed by atoms with E-state index in [-0.39, 0.29) is 5.69 Å². The fourth-order valence-electron chi connectivity index (χ4n) is 3.50. The van der Waals surface area contributed by atoms with Crippen LogP contribution < -0.4 is 20.8 Å². The van der Waals surface area contributed by atoms with E-state index in [0.29, 0.717) is 34.6 Å². The minimum Gasteiger partial charge on any atom is -0.494 e. The first kappa shape index (κ1) is 25.0. The minimum absolute atomic E-state index is 0.169. The molecule has 0 fully saturated rings.